The molecule has 0 aromatic rings. The Morgan fingerprint density at radius 2 is 1.92 bits per heavy atom. The number of likely N-dealkylation sites (tertiary alicyclic amines) is 1. The molecule has 1 heterocycles. The molecule has 2 atom stereocenters. The Hall–Kier alpha value is -0.550. The third-order valence-electron chi connectivity index (χ3n) is 2.98. The van der Waals surface area contributed by atoms with Gasteiger partial charge in [-0.15, -0.1) is 0 Å². The fraction of sp³-hybridized carbons (Fsp3) is 0.909. The summed E-state index contributed by atoms with van der Waals surface area (Å²) < 4.78 is 0. The zero-order valence-corrected chi connectivity index (χ0v) is 9.12. The quantitative estimate of drug-likeness (QED) is 0.592. The summed E-state index contributed by atoms with van der Waals surface area (Å²) in [6, 6.07) is 1.45. The maximum Gasteiger partial charge on any atom is 0.237 e. The van der Waals surface area contributed by atoms with E-state index >= 15 is 0 Å². The SMILES string of the molecule is [C-]#[N+]C1CC(C(C)C)N(C(C)C)C1. The van der Waals surface area contributed by atoms with Crippen molar-refractivity contribution in [3.05, 3.63) is 11.4 Å². The summed E-state index contributed by atoms with van der Waals surface area (Å²) in [5.41, 5.74) is 0. The second-order valence-corrected chi connectivity index (χ2v) is 4.62. The van der Waals surface area contributed by atoms with Gasteiger partial charge in [-0.3, -0.25) is 4.90 Å². The summed E-state index contributed by atoms with van der Waals surface area (Å²) >= 11 is 0. The fourth-order valence-electron chi connectivity index (χ4n) is 2.21. The molecule has 1 rings (SSSR count). The van der Waals surface area contributed by atoms with E-state index in [4.69, 9.17) is 6.57 Å². The lowest BCUT2D eigenvalue weighted by Crippen LogP contribution is -2.38. The van der Waals surface area contributed by atoms with Gasteiger partial charge in [0.15, 0.2) is 0 Å². The van der Waals surface area contributed by atoms with E-state index in [1.54, 1.807) is 0 Å². The summed E-state index contributed by atoms with van der Waals surface area (Å²) in [5, 5.41) is 0. The van der Waals surface area contributed by atoms with Gasteiger partial charge in [0.2, 0.25) is 6.04 Å². The van der Waals surface area contributed by atoms with Crippen LogP contribution in [-0.4, -0.2) is 29.6 Å². The van der Waals surface area contributed by atoms with Crippen molar-refractivity contribution in [2.75, 3.05) is 6.54 Å². The third kappa shape index (κ3) is 2.22. The van der Waals surface area contributed by atoms with Gasteiger partial charge in [0, 0.05) is 18.5 Å². The molecule has 0 aromatic heterocycles. The van der Waals surface area contributed by atoms with Crippen molar-refractivity contribution in [2.45, 2.75) is 52.2 Å². The Labute approximate surface area is 81.7 Å². The molecule has 0 N–H and O–H groups in total. The van der Waals surface area contributed by atoms with E-state index in [0.717, 1.165) is 13.0 Å². The third-order valence-corrected chi connectivity index (χ3v) is 2.98. The van der Waals surface area contributed by atoms with E-state index in [-0.39, 0.29) is 6.04 Å². The van der Waals surface area contributed by atoms with Gasteiger partial charge in [0.25, 0.3) is 0 Å². The standard InChI is InChI=1S/C11H20N2/c1-8(2)11-6-10(12-5)7-13(11)9(3)4/h8-11H,6-7H2,1-4H3. The average molecular weight is 180 g/mol. The van der Waals surface area contributed by atoms with Crippen LogP contribution in [0.25, 0.3) is 4.85 Å². The van der Waals surface area contributed by atoms with E-state index in [0.29, 0.717) is 18.0 Å². The molecular formula is C11H20N2. The van der Waals surface area contributed by atoms with Crippen LogP contribution in [0.5, 0.6) is 0 Å². The minimum Gasteiger partial charge on any atom is -0.312 e. The topological polar surface area (TPSA) is 7.60 Å². The summed E-state index contributed by atoms with van der Waals surface area (Å²) in [5.74, 6) is 0.675. The highest BCUT2D eigenvalue weighted by molar-refractivity contribution is 4.97. The van der Waals surface area contributed by atoms with Crippen LogP contribution in [0.15, 0.2) is 0 Å². The highest BCUT2D eigenvalue weighted by Gasteiger charge is 2.38. The van der Waals surface area contributed by atoms with Crippen molar-refractivity contribution in [1.29, 1.82) is 0 Å². The molecule has 2 unspecified atom stereocenters. The first-order chi connectivity index (χ1) is 6.06. The van der Waals surface area contributed by atoms with Gasteiger partial charge < -0.3 is 4.85 Å². The van der Waals surface area contributed by atoms with Crippen LogP contribution in [0, 0.1) is 12.5 Å². The number of hydrogen-bond donors (Lipinski definition) is 0. The summed E-state index contributed by atoms with van der Waals surface area (Å²) in [7, 11) is 0. The van der Waals surface area contributed by atoms with Gasteiger partial charge in [-0.1, -0.05) is 13.8 Å². The smallest absolute Gasteiger partial charge is 0.237 e. The Morgan fingerprint density at radius 1 is 1.31 bits per heavy atom. The Morgan fingerprint density at radius 3 is 2.23 bits per heavy atom. The van der Waals surface area contributed by atoms with E-state index in [1.807, 2.05) is 0 Å². The van der Waals surface area contributed by atoms with Gasteiger partial charge in [-0.05, 0) is 19.8 Å². The molecule has 1 aliphatic rings. The summed E-state index contributed by atoms with van der Waals surface area (Å²) in [6.07, 6.45) is 1.07. The highest BCUT2D eigenvalue weighted by Crippen LogP contribution is 2.27. The Balaban J connectivity index is 2.66. The molecule has 1 aliphatic heterocycles. The molecular weight excluding hydrogens is 160 g/mol. The Bertz CT molecular complexity index is 187. The number of rotatable bonds is 2. The monoisotopic (exact) mass is 180 g/mol. The molecule has 2 heteroatoms. The van der Waals surface area contributed by atoms with Gasteiger partial charge in [0.1, 0.15) is 0 Å². The molecule has 74 valence electrons. The van der Waals surface area contributed by atoms with E-state index in [1.165, 1.54) is 0 Å². The van der Waals surface area contributed by atoms with Crippen LogP contribution in [0.4, 0.5) is 0 Å². The highest BCUT2D eigenvalue weighted by atomic mass is 15.2. The van der Waals surface area contributed by atoms with Crippen molar-refractivity contribution in [3.8, 4) is 0 Å². The molecule has 0 aromatic carbocycles. The molecule has 2 nitrogen and oxygen atoms in total. The minimum atomic E-state index is 0.245. The van der Waals surface area contributed by atoms with Crippen LogP contribution in [0.3, 0.4) is 0 Å². The van der Waals surface area contributed by atoms with E-state index in [9.17, 15) is 0 Å². The molecule has 13 heavy (non-hydrogen) atoms. The van der Waals surface area contributed by atoms with E-state index in [2.05, 4.69) is 37.4 Å². The first-order valence-electron chi connectivity index (χ1n) is 5.18. The van der Waals surface area contributed by atoms with Gasteiger partial charge in [-0.2, -0.15) is 0 Å². The molecule has 1 saturated heterocycles. The maximum atomic E-state index is 7.06. The van der Waals surface area contributed by atoms with Crippen LogP contribution >= 0.6 is 0 Å². The van der Waals surface area contributed by atoms with Crippen molar-refractivity contribution < 1.29 is 0 Å². The van der Waals surface area contributed by atoms with Gasteiger partial charge in [-0.25, -0.2) is 6.57 Å². The van der Waals surface area contributed by atoms with E-state index < -0.39 is 0 Å². The molecule has 0 spiro atoms. The molecule has 0 amide bonds. The second-order valence-electron chi connectivity index (χ2n) is 4.62. The predicted octanol–water partition coefficient (Wildman–Crippen LogP) is 2.41. The lowest BCUT2D eigenvalue weighted by molar-refractivity contribution is 0.165. The summed E-state index contributed by atoms with van der Waals surface area (Å²) in [6.45, 7) is 17.0. The largest absolute Gasteiger partial charge is 0.312 e. The molecule has 0 radical (unpaired) electrons. The van der Waals surface area contributed by atoms with Crippen molar-refractivity contribution in [2.24, 2.45) is 5.92 Å². The number of hydrogen-bond acceptors (Lipinski definition) is 1. The van der Waals surface area contributed by atoms with Crippen molar-refractivity contribution in [1.82, 2.24) is 4.90 Å². The van der Waals surface area contributed by atoms with Crippen molar-refractivity contribution in [3.63, 3.8) is 0 Å². The molecule has 0 aliphatic carbocycles. The first kappa shape index (κ1) is 10.5. The zero-order valence-electron chi connectivity index (χ0n) is 9.12. The van der Waals surface area contributed by atoms with Crippen molar-refractivity contribution >= 4 is 0 Å². The lowest BCUT2D eigenvalue weighted by atomic mass is 10.0. The zero-order chi connectivity index (χ0) is 10.0. The van der Waals surface area contributed by atoms with Gasteiger partial charge >= 0.3 is 0 Å². The predicted molar refractivity (Wildman–Crippen MR) is 55.5 cm³/mol. The lowest BCUT2D eigenvalue weighted by Gasteiger charge is -2.29. The first-order valence-corrected chi connectivity index (χ1v) is 5.18. The van der Waals surface area contributed by atoms with Crippen LogP contribution in [-0.2, 0) is 0 Å². The minimum absolute atomic E-state index is 0.245. The van der Waals surface area contributed by atoms with Crippen LogP contribution < -0.4 is 0 Å². The summed E-state index contributed by atoms with van der Waals surface area (Å²) in [4.78, 5) is 6.14. The molecule has 1 fully saturated rings. The van der Waals surface area contributed by atoms with Crippen LogP contribution in [0.1, 0.15) is 34.1 Å². The number of nitrogens with zero attached hydrogens (tertiary/aromatic N) is 2. The van der Waals surface area contributed by atoms with Gasteiger partial charge in [0.05, 0.1) is 6.54 Å². The molecule has 0 bridgehead atoms. The van der Waals surface area contributed by atoms with Crippen LogP contribution in [0.2, 0.25) is 0 Å². The molecule has 0 saturated carbocycles. The average Bonchev–Trinajstić information content (AvgIpc) is 2.47. The maximum absolute atomic E-state index is 7.06. The normalized spacial score (nSPS) is 29.9. The second kappa shape index (κ2) is 4.11. The Kier molecular flexibility index (Phi) is 3.33. The fourth-order valence-corrected chi connectivity index (χ4v) is 2.21.